The summed E-state index contributed by atoms with van der Waals surface area (Å²) in [5.41, 5.74) is 2.96. The Balaban J connectivity index is 1.77. The molecule has 0 radical (unpaired) electrons. The summed E-state index contributed by atoms with van der Waals surface area (Å²) < 4.78 is 28.2. The van der Waals surface area contributed by atoms with Crippen molar-refractivity contribution in [1.82, 2.24) is 3.97 Å². The van der Waals surface area contributed by atoms with Crippen LogP contribution >= 0.6 is 0 Å². The van der Waals surface area contributed by atoms with Crippen molar-refractivity contribution >= 4 is 26.7 Å². The molecule has 29 heavy (non-hydrogen) atoms. The molecule has 0 aliphatic rings. The third kappa shape index (κ3) is 3.87. The fourth-order valence-corrected chi connectivity index (χ4v) is 5.04. The van der Waals surface area contributed by atoms with Crippen molar-refractivity contribution in [3.8, 4) is 0 Å². The number of ketones is 1. The van der Waals surface area contributed by atoms with Gasteiger partial charge in [0.25, 0.3) is 10.0 Å². The number of aromatic nitrogens is 1. The first-order valence-corrected chi connectivity index (χ1v) is 10.9. The molecule has 0 spiro atoms. The molecule has 5 heteroatoms. The predicted octanol–water partition coefficient (Wildman–Crippen LogP) is 4.54. The molecule has 0 saturated carbocycles. The van der Waals surface area contributed by atoms with E-state index >= 15 is 0 Å². The lowest BCUT2D eigenvalue weighted by Crippen LogP contribution is -2.18. The summed E-state index contributed by atoms with van der Waals surface area (Å²) >= 11 is 0. The largest absolute Gasteiger partial charge is 0.299 e. The highest BCUT2D eigenvalue weighted by atomic mass is 32.2. The molecule has 0 bridgehead atoms. The van der Waals surface area contributed by atoms with Gasteiger partial charge in [-0.3, -0.25) is 4.79 Å². The van der Waals surface area contributed by atoms with Gasteiger partial charge in [0.2, 0.25) is 0 Å². The van der Waals surface area contributed by atoms with E-state index in [4.69, 9.17) is 0 Å². The minimum atomic E-state index is -3.82. The van der Waals surface area contributed by atoms with Crippen LogP contribution in [-0.2, 0) is 27.7 Å². The summed E-state index contributed by atoms with van der Waals surface area (Å²) in [6.45, 7) is 1.91. The zero-order chi connectivity index (χ0) is 20.4. The second-order valence-corrected chi connectivity index (χ2v) is 8.94. The van der Waals surface area contributed by atoms with Gasteiger partial charge in [-0.15, -0.1) is 0 Å². The highest BCUT2D eigenvalue weighted by Crippen LogP contribution is 2.26. The monoisotopic (exact) mass is 403 g/mol. The number of hydrogen-bond donors (Lipinski definition) is 0. The van der Waals surface area contributed by atoms with Gasteiger partial charge in [-0.1, -0.05) is 66.2 Å². The van der Waals surface area contributed by atoms with E-state index in [0.717, 1.165) is 16.5 Å². The number of para-hydroxylation sites is 1. The molecule has 0 unspecified atom stereocenters. The molecule has 4 rings (SSSR count). The molecule has 0 fully saturated rings. The lowest BCUT2D eigenvalue weighted by atomic mass is 10.1. The van der Waals surface area contributed by atoms with E-state index < -0.39 is 10.0 Å². The molecule has 1 heterocycles. The van der Waals surface area contributed by atoms with Crippen LogP contribution in [0.5, 0.6) is 0 Å². The first-order chi connectivity index (χ1) is 13.9. The van der Waals surface area contributed by atoms with Crippen molar-refractivity contribution in [2.75, 3.05) is 0 Å². The Bertz CT molecular complexity index is 1270. The molecule has 1 aromatic heterocycles. The van der Waals surface area contributed by atoms with Crippen LogP contribution in [0.1, 0.15) is 16.8 Å². The number of benzene rings is 3. The van der Waals surface area contributed by atoms with Gasteiger partial charge < -0.3 is 0 Å². The van der Waals surface area contributed by atoms with Gasteiger partial charge in [-0.25, -0.2) is 12.4 Å². The molecule has 146 valence electrons. The third-order valence-corrected chi connectivity index (χ3v) is 6.70. The van der Waals surface area contributed by atoms with Crippen molar-refractivity contribution in [2.45, 2.75) is 24.7 Å². The summed E-state index contributed by atoms with van der Waals surface area (Å²) in [4.78, 5) is 12.9. The lowest BCUT2D eigenvalue weighted by molar-refractivity contribution is -0.117. The van der Waals surface area contributed by atoms with Crippen LogP contribution in [0.25, 0.3) is 10.9 Å². The predicted molar refractivity (Wildman–Crippen MR) is 115 cm³/mol. The Morgan fingerprint density at radius 3 is 2.21 bits per heavy atom. The zero-order valence-corrected chi connectivity index (χ0v) is 16.9. The fourth-order valence-electron chi connectivity index (χ4n) is 3.50. The van der Waals surface area contributed by atoms with Crippen molar-refractivity contribution in [3.63, 3.8) is 0 Å². The number of fused-ring (bicyclic) bond motifs is 1. The number of carbonyl (C=O) groups excluding carboxylic acids is 1. The lowest BCUT2D eigenvalue weighted by Gasteiger charge is -2.12. The van der Waals surface area contributed by atoms with Crippen molar-refractivity contribution in [3.05, 3.63) is 102 Å². The maximum absolute atomic E-state index is 13.4. The average Bonchev–Trinajstić information content (AvgIpc) is 3.07. The van der Waals surface area contributed by atoms with Gasteiger partial charge in [-0.2, -0.15) is 0 Å². The van der Waals surface area contributed by atoms with Crippen LogP contribution in [-0.4, -0.2) is 18.2 Å². The highest BCUT2D eigenvalue weighted by Gasteiger charge is 2.24. The summed E-state index contributed by atoms with van der Waals surface area (Å²) in [7, 11) is -3.82. The molecule has 0 aliphatic heterocycles. The number of aryl methyl sites for hydroxylation is 1. The van der Waals surface area contributed by atoms with Crippen LogP contribution in [0.3, 0.4) is 0 Å². The van der Waals surface area contributed by atoms with E-state index in [1.807, 2.05) is 49.4 Å². The topological polar surface area (TPSA) is 56.1 Å². The highest BCUT2D eigenvalue weighted by molar-refractivity contribution is 7.90. The molecule has 0 saturated heterocycles. The number of rotatable bonds is 6. The van der Waals surface area contributed by atoms with Crippen LogP contribution in [0, 0.1) is 6.92 Å². The van der Waals surface area contributed by atoms with Crippen LogP contribution < -0.4 is 0 Å². The SMILES string of the molecule is Cc1ccc(S(=O)(=O)n2c(CC(=O)Cc3ccccc3)cc3ccccc32)cc1. The summed E-state index contributed by atoms with van der Waals surface area (Å²) in [6, 6.07) is 25.3. The van der Waals surface area contributed by atoms with E-state index in [2.05, 4.69) is 0 Å². The molecule has 3 aromatic carbocycles. The van der Waals surface area contributed by atoms with Crippen molar-refractivity contribution < 1.29 is 13.2 Å². The van der Waals surface area contributed by atoms with E-state index in [1.54, 1.807) is 42.5 Å². The number of hydrogen-bond acceptors (Lipinski definition) is 3. The van der Waals surface area contributed by atoms with E-state index in [-0.39, 0.29) is 23.5 Å². The Kier molecular flexibility index (Phi) is 5.07. The maximum Gasteiger partial charge on any atom is 0.268 e. The molecule has 4 aromatic rings. The Morgan fingerprint density at radius 2 is 1.48 bits per heavy atom. The molecule has 0 aliphatic carbocycles. The molecular formula is C24H21NO3S. The van der Waals surface area contributed by atoms with Crippen LogP contribution in [0.2, 0.25) is 0 Å². The average molecular weight is 404 g/mol. The summed E-state index contributed by atoms with van der Waals surface area (Å²) in [6.07, 6.45) is 0.321. The first-order valence-electron chi connectivity index (χ1n) is 9.42. The Morgan fingerprint density at radius 1 is 0.828 bits per heavy atom. The van der Waals surface area contributed by atoms with Gasteiger partial charge in [0.1, 0.15) is 5.78 Å². The van der Waals surface area contributed by atoms with Gasteiger partial charge in [0.15, 0.2) is 0 Å². The van der Waals surface area contributed by atoms with E-state index in [0.29, 0.717) is 11.2 Å². The van der Waals surface area contributed by atoms with Crippen molar-refractivity contribution in [2.24, 2.45) is 0 Å². The van der Waals surface area contributed by atoms with E-state index in [9.17, 15) is 13.2 Å². The fraction of sp³-hybridized carbons (Fsp3) is 0.125. The quantitative estimate of drug-likeness (QED) is 0.475. The minimum absolute atomic E-state index is 0.0284. The molecule has 0 amide bonds. The van der Waals surface area contributed by atoms with Crippen LogP contribution in [0.4, 0.5) is 0 Å². The molecular weight excluding hydrogens is 382 g/mol. The van der Waals surface area contributed by atoms with Gasteiger partial charge in [0, 0.05) is 23.9 Å². The minimum Gasteiger partial charge on any atom is -0.299 e. The maximum atomic E-state index is 13.4. The number of nitrogens with zero attached hydrogens (tertiary/aromatic N) is 1. The molecule has 0 N–H and O–H groups in total. The second-order valence-electron chi connectivity index (χ2n) is 7.15. The van der Waals surface area contributed by atoms with Gasteiger partial charge in [0.05, 0.1) is 10.4 Å². The Hall–Kier alpha value is -3.18. The van der Waals surface area contributed by atoms with E-state index in [1.165, 1.54) is 3.97 Å². The van der Waals surface area contributed by atoms with Gasteiger partial charge in [-0.05, 0) is 36.8 Å². The summed E-state index contributed by atoms with van der Waals surface area (Å²) in [5, 5.41) is 0.797. The van der Waals surface area contributed by atoms with Crippen LogP contribution in [0.15, 0.2) is 89.8 Å². The normalized spacial score (nSPS) is 11.6. The first kappa shape index (κ1) is 19.2. The molecule has 0 atom stereocenters. The third-order valence-electron chi connectivity index (χ3n) is 4.92. The van der Waals surface area contributed by atoms with Crippen molar-refractivity contribution in [1.29, 1.82) is 0 Å². The number of Topliss-reactive ketones (excluding diaryl/α,β-unsaturated/α-hetero) is 1. The molecule has 4 nitrogen and oxygen atoms in total. The second kappa shape index (κ2) is 7.68. The Labute approximate surface area is 170 Å². The zero-order valence-electron chi connectivity index (χ0n) is 16.1. The standard InChI is InChI=1S/C24H21NO3S/c1-18-11-13-23(14-12-18)29(27,28)25-21(16-20-9-5-6-10-24(20)25)17-22(26)15-19-7-3-2-4-8-19/h2-14,16H,15,17H2,1H3. The smallest absolute Gasteiger partial charge is 0.268 e. The number of carbonyl (C=O) groups is 1. The van der Waals surface area contributed by atoms with Gasteiger partial charge >= 0.3 is 0 Å². The summed E-state index contributed by atoms with van der Waals surface area (Å²) in [5.74, 6) is -0.0284.